The number of allylic oxidation sites excluding steroid dienone is 1. The predicted molar refractivity (Wildman–Crippen MR) is 75.1 cm³/mol. The van der Waals surface area contributed by atoms with E-state index in [0.717, 1.165) is 6.07 Å². The zero-order chi connectivity index (χ0) is 14.8. The van der Waals surface area contributed by atoms with Crippen molar-refractivity contribution >= 4 is 21.7 Å². The van der Waals surface area contributed by atoms with E-state index in [4.69, 9.17) is 10.2 Å². The van der Waals surface area contributed by atoms with Gasteiger partial charge in [-0.05, 0) is 37.0 Å². The van der Waals surface area contributed by atoms with Gasteiger partial charge < -0.3 is 10.4 Å². The lowest BCUT2D eigenvalue weighted by Gasteiger charge is -2.09. The summed E-state index contributed by atoms with van der Waals surface area (Å²) in [4.78, 5) is 10.9. The summed E-state index contributed by atoms with van der Waals surface area (Å²) in [5.74, 6) is -0.551. The Morgan fingerprint density at radius 3 is 2.70 bits per heavy atom. The number of sulfonamides is 1. The molecule has 20 heavy (non-hydrogen) atoms. The second-order valence-corrected chi connectivity index (χ2v) is 6.27. The number of carbonyl (C=O) groups is 1. The molecule has 1 aliphatic carbocycles. The molecule has 7 heteroatoms. The van der Waals surface area contributed by atoms with Crippen LogP contribution in [0.5, 0.6) is 0 Å². The van der Waals surface area contributed by atoms with Crippen LogP contribution in [-0.4, -0.2) is 26.0 Å². The Bertz CT molecular complexity index is 648. The third kappa shape index (κ3) is 3.82. The van der Waals surface area contributed by atoms with Crippen LogP contribution >= 0.6 is 0 Å². The fourth-order valence-corrected chi connectivity index (χ4v) is 2.29. The molecule has 0 spiro atoms. The van der Waals surface area contributed by atoms with Gasteiger partial charge >= 0.3 is 5.97 Å². The first-order valence-electron chi connectivity index (χ1n) is 6.18. The molecule has 1 aliphatic rings. The van der Waals surface area contributed by atoms with E-state index in [1.807, 2.05) is 6.08 Å². The van der Waals surface area contributed by atoms with Crippen molar-refractivity contribution in [1.82, 2.24) is 0 Å². The summed E-state index contributed by atoms with van der Waals surface area (Å²) in [6, 6.07) is 3.76. The molecule has 4 N–H and O–H groups in total. The topological polar surface area (TPSA) is 109 Å². The lowest BCUT2D eigenvalue weighted by Crippen LogP contribution is -2.14. The van der Waals surface area contributed by atoms with E-state index in [1.54, 1.807) is 0 Å². The first-order chi connectivity index (χ1) is 9.38. The van der Waals surface area contributed by atoms with Crippen molar-refractivity contribution in [3.63, 3.8) is 0 Å². The van der Waals surface area contributed by atoms with Crippen molar-refractivity contribution in [3.05, 3.63) is 35.9 Å². The first kappa shape index (κ1) is 14.5. The fraction of sp³-hybridized carbons (Fsp3) is 0.308. The molecule has 6 nitrogen and oxygen atoms in total. The van der Waals surface area contributed by atoms with E-state index in [0.29, 0.717) is 18.2 Å². The van der Waals surface area contributed by atoms with Gasteiger partial charge in [0.15, 0.2) is 0 Å². The Morgan fingerprint density at radius 2 is 2.15 bits per heavy atom. The minimum atomic E-state index is -3.91. The maximum Gasteiger partial charge on any atom is 0.337 e. The van der Waals surface area contributed by atoms with E-state index in [1.165, 1.54) is 25.0 Å². The maximum absolute atomic E-state index is 11.2. The average molecular weight is 296 g/mol. The Balaban J connectivity index is 2.16. The number of nitrogens with two attached hydrogens (primary N) is 1. The van der Waals surface area contributed by atoms with Crippen LogP contribution in [0.3, 0.4) is 0 Å². The van der Waals surface area contributed by atoms with Gasteiger partial charge in [-0.15, -0.1) is 0 Å². The van der Waals surface area contributed by atoms with E-state index >= 15 is 0 Å². The van der Waals surface area contributed by atoms with Crippen LogP contribution < -0.4 is 10.5 Å². The van der Waals surface area contributed by atoms with Gasteiger partial charge in [0.05, 0.1) is 10.5 Å². The van der Waals surface area contributed by atoms with Crippen molar-refractivity contribution in [2.24, 2.45) is 11.1 Å². The number of carboxylic acids is 1. The van der Waals surface area contributed by atoms with Crippen LogP contribution in [0.4, 0.5) is 5.69 Å². The number of aromatic carboxylic acids is 1. The van der Waals surface area contributed by atoms with Gasteiger partial charge in [0.1, 0.15) is 0 Å². The lowest BCUT2D eigenvalue weighted by atomic mass is 10.2. The third-order valence-electron chi connectivity index (χ3n) is 2.99. The summed E-state index contributed by atoms with van der Waals surface area (Å²) in [6.07, 6.45) is 6.45. The van der Waals surface area contributed by atoms with Crippen LogP contribution in [0.15, 0.2) is 35.2 Å². The number of anilines is 1. The summed E-state index contributed by atoms with van der Waals surface area (Å²) in [5, 5.41) is 17.1. The first-order valence-corrected chi connectivity index (χ1v) is 7.73. The molecule has 0 atom stereocenters. The number of hydrogen-bond donors (Lipinski definition) is 3. The summed E-state index contributed by atoms with van der Waals surface area (Å²) >= 11 is 0. The molecule has 1 fully saturated rings. The highest BCUT2D eigenvalue weighted by Gasteiger charge is 2.17. The summed E-state index contributed by atoms with van der Waals surface area (Å²) in [6.45, 7) is 0.492. The number of benzene rings is 1. The zero-order valence-corrected chi connectivity index (χ0v) is 11.6. The Hall–Kier alpha value is -1.86. The molecule has 1 aromatic carbocycles. The molecule has 1 aromatic rings. The molecule has 1 saturated carbocycles. The zero-order valence-electron chi connectivity index (χ0n) is 10.7. The largest absolute Gasteiger partial charge is 0.478 e. The molecule has 108 valence electrons. The molecule has 0 amide bonds. The number of carboxylic acid groups (broad SMARTS) is 1. The highest BCUT2D eigenvalue weighted by molar-refractivity contribution is 7.89. The van der Waals surface area contributed by atoms with Gasteiger partial charge in [-0.3, -0.25) is 0 Å². The predicted octanol–water partition coefficient (Wildman–Crippen LogP) is 1.41. The Morgan fingerprint density at radius 1 is 1.45 bits per heavy atom. The van der Waals surface area contributed by atoms with E-state index in [9.17, 15) is 13.2 Å². The van der Waals surface area contributed by atoms with Gasteiger partial charge in [0.25, 0.3) is 0 Å². The molecule has 0 unspecified atom stereocenters. The van der Waals surface area contributed by atoms with Crippen molar-refractivity contribution < 1.29 is 18.3 Å². The second-order valence-electron chi connectivity index (χ2n) is 4.70. The fourth-order valence-electron chi connectivity index (χ4n) is 1.75. The van der Waals surface area contributed by atoms with Crippen LogP contribution in [0.25, 0.3) is 0 Å². The van der Waals surface area contributed by atoms with E-state index in [2.05, 4.69) is 11.4 Å². The van der Waals surface area contributed by atoms with Gasteiger partial charge in [-0.2, -0.15) is 0 Å². The minimum Gasteiger partial charge on any atom is -0.478 e. The quantitative estimate of drug-likeness (QED) is 0.688. The Labute approximate surface area is 117 Å². The summed E-state index contributed by atoms with van der Waals surface area (Å²) < 4.78 is 22.4. The number of hydrogen-bond acceptors (Lipinski definition) is 4. The number of nitrogens with one attached hydrogen (secondary N) is 1. The second kappa shape index (κ2) is 5.64. The van der Waals surface area contributed by atoms with Crippen molar-refractivity contribution in [2.45, 2.75) is 17.7 Å². The molecule has 2 rings (SSSR count). The van der Waals surface area contributed by atoms with Crippen LogP contribution in [0.1, 0.15) is 23.2 Å². The summed E-state index contributed by atoms with van der Waals surface area (Å²) in [7, 11) is -3.91. The molecule has 0 bridgehead atoms. The molecule has 0 aliphatic heterocycles. The van der Waals surface area contributed by atoms with Crippen molar-refractivity contribution in [2.75, 3.05) is 11.9 Å². The van der Waals surface area contributed by atoms with Crippen LogP contribution in [-0.2, 0) is 10.0 Å². The molecule has 0 saturated heterocycles. The highest BCUT2D eigenvalue weighted by atomic mass is 32.2. The normalized spacial score (nSPS) is 15.4. The van der Waals surface area contributed by atoms with Gasteiger partial charge in [-0.25, -0.2) is 18.4 Å². The molecule has 0 radical (unpaired) electrons. The third-order valence-corrected chi connectivity index (χ3v) is 3.90. The van der Waals surface area contributed by atoms with Gasteiger partial charge in [0.2, 0.25) is 10.0 Å². The van der Waals surface area contributed by atoms with E-state index < -0.39 is 16.0 Å². The van der Waals surface area contributed by atoms with Crippen molar-refractivity contribution in [1.29, 1.82) is 0 Å². The number of rotatable bonds is 6. The molecular weight excluding hydrogens is 280 g/mol. The smallest absolute Gasteiger partial charge is 0.337 e. The van der Waals surface area contributed by atoms with Crippen molar-refractivity contribution in [3.8, 4) is 0 Å². The number of primary sulfonamides is 1. The highest BCUT2D eigenvalue weighted by Crippen LogP contribution is 2.29. The minimum absolute atomic E-state index is 0.114. The molecule has 0 aromatic heterocycles. The van der Waals surface area contributed by atoms with E-state index in [-0.39, 0.29) is 10.5 Å². The maximum atomic E-state index is 11.2. The monoisotopic (exact) mass is 296 g/mol. The van der Waals surface area contributed by atoms with Crippen LogP contribution in [0, 0.1) is 5.92 Å². The lowest BCUT2D eigenvalue weighted by molar-refractivity contribution is 0.0697. The standard InChI is InChI=1S/C13H16N2O4S/c14-20(18,19)10-5-6-12(11(8-10)13(16)17)15-7-1-2-9-3-4-9/h1-2,5-6,8-9,15H,3-4,7H2,(H,16,17)(H2,14,18,19)/b2-1+. The molecule has 0 heterocycles. The van der Waals surface area contributed by atoms with Gasteiger partial charge in [0, 0.05) is 12.2 Å². The average Bonchev–Trinajstić information content (AvgIpc) is 3.17. The van der Waals surface area contributed by atoms with Gasteiger partial charge in [-0.1, -0.05) is 12.2 Å². The van der Waals surface area contributed by atoms with Crippen LogP contribution in [0.2, 0.25) is 0 Å². The Kier molecular flexibility index (Phi) is 4.10. The molecular formula is C13H16N2O4S. The summed E-state index contributed by atoms with van der Waals surface area (Å²) in [5.41, 5.74) is 0.252. The SMILES string of the molecule is NS(=O)(=O)c1ccc(NC/C=C/C2CC2)c(C(=O)O)c1.